The van der Waals surface area contributed by atoms with Crippen molar-refractivity contribution in [2.24, 2.45) is 0 Å². The van der Waals surface area contributed by atoms with Gasteiger partial charge in [0.2, 0.25) is 10.0 Å². The van der Waals surface area contributed by atoms with Gasteiger partial charge in [-0.15, -0.1) is 11.3 Å². The maximum absolute atomic E-state index is 12.2. The van der Waals surface area contributed by atoms with Crippen molar-refractivity contribution < 1.29 is 22.7 Å². The van der Waals surface area contributed by atoms with Crippen LogP contribution in [0.5, 0.6) is 0 Å². The third-order valence-corrected chi connectivity index (χ3v) is 5.67. The predicted octanol–water partition coefficient (Wildman–Crippen LogP) is 1.65. The van der Waals surface area contributed by atoms with Crippen LogP contribution in [0.4, 0.5) is 0 Å². The minimum absolute atomic E-state index is 0.0302. The van der Waals surface area contributed by atoms with E-state index in [1.165, 1.54) is 13.2 Å². The van der Waals surface area contributed by atoms with E-state index in [0.717, 1.165) is 24.2 Å². The Kier molecular flexibility index (Phi) is 5.03. The van der Waals surface area contributed by atoms with Crippen LogP contribution in [0.1, 0.15) is 22.5 Å². The molecule has 1 aliphatic rings. The topological polar surface area (TPSA) is 81.7 Å². The molecule has 0 bridgehead atoms. The maximum atomic E-state index is 12.2. The van der Waals surface area contributed by atoms with Gasteiger partial charge in [0.05, 0.1) is 17.6 Å². The zero-order chi connectivity index (χ0) is 14.8. The van der Waals surface area contributed by atoms with Crippen molar-refractivity contribution in [1.29, 1.82) is 0 Å². The van der Waals surface area contributed by atoms with E-state index in [2.05, 4.69) is 9.46 Å². The number of hydrogen-bond donors (Lipinski definition) is 1. The second kappa shape index (κ2) is 6.40. The summed E-state index contributed by atoms with van der Waals surface area (Å²) in [4.78, 5) is 11.4. The van der Waals surface area contributed by atoms with Crippen LogP contribution in [0.2, 0.25) is 4.34 Å². The quantitative estimate of drug-likeness (QED) is 0.825. The lowest BCUT2D eigenvalue weighted by Crippen LogP contribution is -2.32. The van der Waals surface area contributed by atoms with Crippen LogP contribution in [0.3, 0.4) is 0 Å². The number of hydrogen-bond acceptors (Lipinski definition) is 6. The van der Waals surface area contributed by atoms with E-state index in [4.69, 9.17) is 16.3 Å². The number of halogens is 1. The van der Waals surface area contributed by atoms with Gasteiger partial charge in [-0.1, -0.05) is 11.6 Å². The van der Waals surface area contributed by atoms with Gasteiger partial charge in [0.1, 0.15) is 9.77 Å². The van der Waals surface area contributed by atoms with Gasteiger partial charge >= 0.3 is 5.97 Å². The van der Waals surface area contributed by atoms with Crippen LogP contribution in [0.25, 0.3) is 0 Å². The standard InChI is InChI=1S/C11H14ClNO5S2/c1-17-11(14)10-8(5-9(12)19-10)20(15,16)13-6-7-3-2-4-18-7/h5,7,13H,2-4,6H2,1H3/t7-/m1/s1. The highest BCUT2D eigenvalue weighted by Gasteiger charge is 2.27. The largest absolute Gasteiger partial charge is 0.465 e. The van der Waals surface area contributed by atoms with E-state index in [1.807, 2.05) is 0 Å². The second-order valence-electron chi connectivity index (χ2n) is 4.22. The number of esters is 1. The summed E-state index contributed by atoms with van der Waals surface area (Å²) >= 11 is 6.67. The third kappa shape index (κ3) is 3.50. The molecule has 1 atom stereocenters. The zero-order valence-electron chi connectivity index (χ0n) is 10.7. The molecule has 1 N–H and O–H groups in total. The Morgan fingerprint density at radius 1 is 1.65 bits per heavy atom. The molecule has 0 amide bonds. The number of carbonyl (C=O) groups excluding carboxylic acids is 1. The van der Waals surface area contributed by atoms with E-state index in [-0.39, 0.29) is 26.8 Å². The van der Waals surface area contributed by atoms with Gasteiger partial charge < -0.3 is 9.47 Å². The molecule has 0 saturated carbocycles. The highest BCUT2D eigenvalue weighted by Crippen LogP contribution is 2.30. The van der Waals surface area contributed by atoms with Crippen LogP contribution < -0.4 is 4.72 Å². The average molecular weight is 340 g/mol. The monoisotopic (exact) mass is 339 g/mol. The number of ether oxygens (including phenoxy) is 2. The fraction of sp³-hybridized carbons (Fsp3) is 0.545. The molecule has 1 aliphatic heterocycles. The van der Waals surface area contributed by atoms with E-state index < -0.39 is 16.0 Å². The number of methoxy groups -OCH3 is 1. The molecule has 20 heavy (non-hydrogen) atoms. The van der Waals surface area contributed by atoms with Crippen LogP contribution in [-0.2, 0) is 19.5 Å². The first kappa shape index (κ1) is 15.7. The van der Waals surface area contributed by atoms with Crippen LogP contribution in [0.15, 0.2) is 11.0 Å². The number of sulfonamides is 1. The van der Waals surface area contributed by atoms with Crippen molar-refractivity contribution in [2.75, 3.05) is 20.3 Å². The lowest BCUT2D eigenvalue weighted by atomic mass is 10.2. The normalized spacial score (nSPS) is 19.2. The minimum atomic E-state index is -3.82. The number of carbonyl (C=O) groups is 1. The summed E-state index contributed by atoms with van der Waals surface area (Å²) in [5.74, 6) is -0.723. The summed E-state index contributed by atoms with van der Waals surface area (Å²) in [6, 6.07) is 1.25. The Bertz CT molecular complexity index is 592. The van der Waals surface area contributed by atoms with Gasteiger partial charge in [0.25, 0.3) is 0 Å². The zero-order valence-corrected chi connectivity index (χ0v) is 13.1. The lowest BCUT2D eigenvalue weighted by molar-refractivity contribution is 0.0602. The molecule has 1 aromatic rings. The van der Waals surface area contributed by atoms with Gasteiger partial charge in [-0.2, -0.15) is 0 Å². The van der Waals surface area contributed by atoms with E-state index >= 15 is 0 Å². The molecular formula is C11H14ClNO5S2. The summed E-state index contributed by atoms with van der Waals surface area (Å²) in [6.45, 7) is 0.820. The molecule has 0 spiro atoms. The summed E-state index contributed by atoms with van der Waals surface area (Å²) in [5.41, 5.74) is 0. The Labute approximate surface area is 126 Å². The Balaban J connectivity index is 2.18. The molecule has 0 aliphatic carbocycles. The average Bonchev–Trinajstić information content (AvgIpc) is 3.04. The van der Waals surface area contributed by atoms with Crippen molar-refractivity contribution in [3.63, 3.8) is 0 Å². The fourth-order valence-electron chi connectivity index (χ4n) is 1.87. The van der Waals surface area contributed by atoms with Gasteiger partial charge in [-0.25, -0.2) is 17.9 Å². The third-order valence-electron chi connectivity index (χ3n) is 2.85. The molecule has 2 rings (SSSR count). The first-order valence-electron chi connectivity index (χ1n) is 5.93. The summed E-state index contributed by atoms with van der Waals surface area (Å²) in [5, 5.41) is 0. The molecular weight excluding hydrogens is 326 g/mol. The SMILES string of the molecule is COC(=O)c1sc(Cl)cc1S(=O)(=O)NC[C@H]1CCCO1. The molecule has 0 aromatic carbocycles. The predicted molar refractivity (Wildman–Crippen MR) is 74.8 cm³/mol. The first-order valence-corrected chi connectivity index (χ1v) is 8.60. The first-order chi connectivity index (χ1) is 9.44. The van der Waals surface area contributed by atoms with Gasteiger partial charge in [-0.3, -0.25) is 0 Å². The highest BCUT2D eigenvalue weighted by atomic mass is 35.5. The van der Waals surface area contributed by atoms with Crippen LogP contribution >= 0.6 is 22.9 Å². The molecule has 1 aromatic heterocycles. The Hall–Kier alpha value is -0.670. The van der Waals surface area contributed by atoms with Crippen molar-refractivity contribution in [3.05, 3.63) is 15.3 Å². The van der Waals surface area contributed by atoms with Crippen molar-refractivity contribution >= 4 is 38.9 Å². The smallest absolute Gasteiger partial charge is 0.349 e. The molecule has 6 nitrogen and oxygen atoms in total. The van der Waals surface area contributed by atoms with Gasteiger partial charge in [0, 0.05) is 13.2 Å². The molecule has 0 unspecified atom stereocenters. The molecule has 1 saturated heterocycles. The molecule has 112 valence electrons. The van der Waals surface area contributed by atoms with E-state index in [9.17, 15) is 13.2 Å². The highest BCUT2D eigenvalue weighted by molar-refractivity contribution is 7.89. The Morgan fingerprint density at radius 3 is 3.00 bits per heavy atom. The number of thiophene rings is 1. The molecule has 1 fully saturated rings. The summed E-state index contributed by atoms with van der Waals surface area (Å²) in [7, 11) is -2.63. The van der Waals surface area contributed by atoms with Crippen molar-refractivity contribution in [2.45, 2.75) is 23.8 Å². The molecule has 2 heterocycles. The van der Waals surface area contributed by atoms with E-state index in [1.54, 1.807) is 0 Å². The Morgan fingerprint density at radius 2 is 2.40 bits per heavy atom. The number of nitrogens with one attached hydrogen (secondary N) is 1. The summed E-state index contributed by atoms with van der Waals surface area (Å²) in [6.07, 6.45) is 1.61. The maximum Gasteiger partial charge on any atom is 0.349 e. The lowest BCUT2D eigenvalue weighted by Gasteiger charge is -2.11. The fourth-order valence-corrected chi connectivity index (χ4v) is 4.66. The number of rotatable bonds is 5. The van der Waals surface area contributed by atoms with Crippen LogP contribution in [0, 0.1) is 0 Å². The molecule has 0 radical (unpaired) electrons. The van der Waals surface area contributed by atoms with E-state index in [0.29, 0.717) is 6.61 Å². The van der Waals surface area contributed by atoms with Crippen molar-refractivity contribution in [1.82, 2.24) is 4.72 Å². The van der Waals surface area contributed by atoms with Gasteiger partial charge in [0.15, 0.2) is 0 Å². The summed E-state index contributed by atoms with van der Waals surface area (Å²) < 4.78 is 37.0. The van der Waals surface area contributed by atoms with Gasteiger partial charge in [-0.05, 0) is 18.9 Å². The molecule has 9 heteroatoms. The second-order valence-corrected chi connectivity index (χ2v) is 7.64. The minimum Gasteiger partial charge on any atom is -0.465 e. The van der Waals surface area contributed by atoms with Crippen LogP contribution in [-0.4, -0.2) is 40.8 Å². The van der Waals surface area contributed by atoms with Crippen molar-refractivity contribution in [3.8, 4) is 0 Å².